The number of benzene rings is 2. The average molecular weight is 238 g/mol. The smallest absolute Gasteiger partial charge is 0.0491 e. The van der Waals surface area contributed by atoms with E-state index in [0.717, 1.165) is 13.1 Å². The number of nitrogens with zero attached hydrogens (tertiary/aromatic N) is 2. The molecule has 0 aliphatic carbocycles. The van der Waals surface area contributed by atoms with Crippen LogP contribution in [0, 0.1) is 0 Å². The molecule has 0 saturated carbocycles. The number of aromatic nitrogens is 1. The number of hydrogen-bond donors (Lipinski definition) is 0. The van der Waals surface area contributed by atoms with Crippen molar-refractivity contribution in [3.05, 3.63) is 48.5 Å². The number of hydrogen-bond acceptors (Lipinski definition) is 1. The molecule has 3 aromatic rings. The fraction of sp³-hybridized carbons (Fsp3) is 0.250. The number of para-hydroxylation sites is 2. The van der Waals surface area contributed by atoms with Gasteiger partial charge in [0, 0.05) is 34.9 Å². The fourth-order valence-electron chi connectivity index (χ4n) is 2.54. The molecule has 0 aliphatic heterocycles. The second-order valence-corrected chi connectivity index (χ2v) is 4.99. The van der Waals surface area contributed by atoms with Crippen LogP contribution in [0.4, 0.5) is 0 Å². The van der Waals surface area contributed by atoms with Gasteiger partial charge in [-0.25, -0.2) is 0 Å². The van der Waals surface area contributed by atoms with Crippen molar-refractivity contribution in [2.24, 2.45) is 0 Å². The third-order valence-electron chi connectivity index (χ3n) is 3.45. The van der Waals surface area contributed by atoms with Crippen LogP contribution in [-0.2, 0) is 6.54 Å². The summed E-state index contributed by atoms with van der Waals surface area (Å²) >= 11 is 0. The van der Waals surface area contributed by atoms with Gasteiger partial charge in [-0.1, -0.05) is 36.4 Å². The molecule has 0 atom stereocenters. The highest BCUT2D eigenvalue weighted by Crippen LogP contribution is 2.28. The first-order valence-corrected chi connectivity index (χ1v) is 6.38. The van der Waals surface area contributed by atoms with Crippen LogP contribution in [0.2, 0.25) is 0 Å². The lowest BCUT2D eigenvalue weighted by Crippen LogP contribution is -2.18. The summed E-state index contributed by atoms with van der Waals surface area (Å²) in [7, 11) is 4.24. The third kappa shape index (κ3) is 1.79. The Kier molecular flexibility index (Phi) is 2.80. The van der Waals surface area contributed by atoms with E-state index >= 15 is 0 Å². The summed E-state index contributed by atoms with van der Waals surface area (Å²) in [4.78, 5) is 2.23. The van der Waals surface area contributed by atoms with Crippen LogP contribution in [0.25, 0.3) is 21.8 Å². The molecular formula is C16H18N2. The minimum Gasteiger partial charge on any atom is -0.339 e. The summed E-state index contributed by atoms with van der Waals surface area (Å²) in [5.74, 6) is 0. The van der Waals surface area contributed by atoms with Gasteiger partial charge in [0.1, 0.15) is 0 Å². The van der Waals surface area contributed by atoms with Crippen molar-refractivity contribution >= 4 is 21.8 Å². The summed E-state index contributed by atoms with van der Waals surface area (Å²) in [6, 6.07) is 17.3. The van der Waals surface area contributed by atoms with Gasteiger partial charge < -0.3 is 9.47 Å². The zero-order chi connectivity index (χ0) is 12.5. The Balaban J connectivity index is 2.24. The number of likely N-dealkylation sites (N-methyl/N-ethyl adjacent to an activating group) is 1. The molecule has 1 heterocycles. The topological polar surface area (TPSA) is 8.17 Å². The van der Waals surface area contributed by atoms with Crippen molar-refractivity contribution in [3.8, 4) is 0 Å². The zero-order valence-corrected chi connectivity index (χ0v) is 10.9. The first-order valence-electron chi connectivity index (χ1n) is 6.38. The van der Waals surface area contributed by atoms with Crippen LogP contribution in [0.3, 0.4) is 0 Å². The van der Waals surface area contributed by atoms with Crippen molar-refractivity contribution in [2.75, 3.05) is 20.6 Å². The molecule has 0 spiro atoms. The monoisotopic (exact) mass is 238 g/mol. The average Bonchev–Trinajstić information content (AvgIpc) is 2.71. The SMILES string of the molecule is CN(C)CCn1c2ccccc2c2ccccc21. The quantitative estimate of drug-likeness (QED) is 0.679. The Bertz CT molecular complexity index is 626. The van der Waals surface area contributed by atoms with Gasteiger partial charge in [0.2, 0.25) is 0 Å². The van der Waals surface area contributed by atoms with E-state index in [-0.39, 0.29) is 0 Å². The largest absolute Gasteiger partial charge is 0.339 e. The zero-order valence-electron chi connectivity index (χ0n) is 10.9. The highest BCUT2D eigenvalue weighted by molar-refractivity contribution is 6.07. The first-order chi connectivity index (χ1) is 8.77. The molecule has 3 rings (SSSR count). The lowest BCUT2D eigenvalue weighted by Gasteiger charge is -2.12. The van der Waals surface area contributed by atoms with Crippen LogP contribution in [0.1, 0.15) is 0 Å². The van der Waals surface area contributed by atoms with Gasteiger partial charge >= 0.3 is 0 Å². The van der Waals surface area contributed by atoms with E-state index in [1.54, 1.807) is 0 Å². The van der Waals surface area contributed by atoms with Gasteiger partial charge in [-0.2, -0.15) is 0 Å². The van der Waals surface area contributed by atoms with Gasteiger partial charge in [0.05, 0.1) is 0 Å². The van der Waals surface area contributed by atoms with Gasteiger partial charge in [0.15, 0.2) is 0 Å². The highest BCUT2D eigenvalue weighted by atomic mass is 15.1. The second-order valence-electron chi connectivity index (χ2n) is 4.99. The predicted molar refractivity (Wildman–Crippen MR) is 78.0 cm³/mol. The van der Waals surface area contributed by atoms with Crippen LogP contribution in [0.5, 0.6) is 0 Å². The number of rotatable bonds is 3. The summed E-state index contributed by atoms with van der Waals surface area (Å²) in [5, 5.41) is 2.71. The van der Waals surface area contributed by atoms with E-state index in [1.165, 1.54) is 21.8 Å². The van der Waals surface area contributed by atoms with E-state index in [2.05, 4.69) is 72.1 Å². The molecule has 0 amide bonds. The molecule has 2 heteroatoms. The molecule has 92 valence electrons. The normalized spacial score (nSPS) is 11.7. The molecule has 0 fully saturated rings. The Morgan fingerprint density at radius 1 is 0.833 bits per heavy atom. The van der Waals surface area contributed by atoms with Crippen LogP contribution in [-0.4, -0.2) is 30.1 Å². The van der Waals surface area contributed by atoms with Gasteiger partial charge in [0.25, 0.3) is 0 Å². The van der Waals surface area contributed by atoms with E-state index in [0.29, 0.717) is 0 Å². The molecule has 2 nitrogen and oxygen atoms in total. The van der Waals surface area contributed by atoms with Crippen molar-refractivity contribution in [1.82, 2.24) is 9.47 Å². The molecule has 0 unspecified atom stereocenters. The minimum absolute atomic E-state index is 1.03. The van der Waals surface area contributed by atoms with E-state index in [4.69, 9.17) is 0 Å². The maximum Gasteiger partial charge on any atom is 0.0491 e. The fourth-order valence-corrected chi connectivity index (χ4v) is 2.54. The third-order valence-corrected chi connectivity index (χ3v) is 3.45. The lowest BCUT2D eigenvalue weighted by atomic mass is 10.2. The Morgan fingerprint density at radius 3 is 1.83 bits per heavy atom. The van der Waals surface area contributed by atoms with Gasteiger partial charge in [-0.05, 0) is 26.2 Å². The van der Waals surface area contributed by atoms with Crippen LogP contribution in [0.15, 0.2) is 48.5 Å². The Hall–Kier alpha value is -1.80. The van der Waals surface area contributed by atoms with Crippen molar-refractivity contribution in [2.45, 2.75) is 6.54 Å². The molecule has 0 saturated heterocycles. The highest BCUT2D eigenvalue weighted by Gasteiger charge is 2.08. The van der Waals surface area contributed by atoms with Gasteiger partial charge in [-0.3, -0.25) is 0 Å². The predicted octanol–water partition coefficient (Wildman–Crippen LogP) is 3.36. The molecule has 0 bridgehead atoms. The summed E-state index contributed by atoms with van der Waals surface area (Å²) < 4.78 is 2.42. The lowest BCUT2D eigenvalue weighted by molar-refractivity contribution is 0.389. The second kappa shape index (κ2) is 4.46. The van der Waals surface area contributed by atoms with Crippen molar-refractivity contribution in [3.63, 3.8) is 0 Å². The maximum atomic E-state index is 2.42. The van der Waals surface area contributed by atoms with E-state index < -0.39 is 0 Å². The van der Waals surface area contributed by atoms with Crippen LogP contribution >= 0.6 is 0 Å². The molecule has 2 aromatic carbocycles. The molecule has 0 N–H and O–H groups in total. The maximum absolute atomic E-state index is 2.42. The molecule has 0 aliphatic rings. The van der Waals surface area contributed by atoms with E-state index in [1.807, 2.05) is 0 Å². The Labute approximate surface area is 107 Å². The van der Waals surface area contributed by atoms with Crippen molar-refractivity contribution < 1.29 is 0 Å². The standard InChI is InChI=1S/C16H18N2/c1-17(2)11-12-18-15-9-5-3-7-13(15)14-8-4-6-10-16(14)18/h3-10H,11-12H2,1-2H3. The molecular weight excluding hydrogens is 220 g/mol. The summed E-state index contributed by atoms with van der Waals surface area (Å²) in [5.41, 5.74) is 2.67. The minimum atomic E-state index is 1.03. The number of fused-ring (bicyclic) bond motifs is 3. The van der Waals surface area contributed by atoms with Crippen LogP contribution < -0.4 is 0 Å². The Morgan fingerprint density at radius 2 is 1.33 bits per heavy atom. The molecule has 1 aromatic heterocycles. The van der Waals surface area contributed by atoms with Gasteiger partial charge in [-0.15, -0.1) is 0 Å². The first kappa shape index (κ1) is 11.3. The molecule has 18 heavy (non-hydrogen) atoms. The van der Waals surface area contributed by atoms with E-state index in [9.17, 15) is 0 Å². The summed E-state index contributed by atoms with van der Waals surface area (Å²) in [6.45, 7) is 2.09. The van der Waals surface area contributed by atoms with Crippen molar-refractivity contribution in [1.29, 1.82) is 0 Å². The summed E-state index contributed by atoms with van der Waals surface area (Å²) in [6.07, 6.45) is 0. The molecule has 0 radical (unpaired) electrons.